The molecule has 2 aliphatic heterocycles. The van der Waals surface area contributed by atoms with Crippen LogP contribution in [0.3, 0.4) is 0 Å². The van der Waals surface area contributed by atoms with Crippen molar-refractivity contribution >= 4 is 30.0 Å². The van der Waals surface area contributed by atoms with E-state index in [1.807, 2.05) is 24.3 Å². The topological polar surface area (TPSA) is 81.4 Å². The van der Waals surface area contributed by atoms with Crippen LogP contribution in [-0.2, 0) is 23.0 Å². The van der Waals surface area contributed by atoms with Crippen LogP contribution in [0.15, 0.2) is 24.3 Å². The van der Waals surface area contributed by atoms with Gasteiger partial charge in [0.05, 0.1) is 0 Å². The van der Waals surface area contributed by atoms with E-state index >= 15 is 0 Å². The SMILES string of the molecule is NC(Cc1cccc(NP(=S)(N2CC2)N2CC2)c1)C(=O)O. The first-order valence-electron chi connectivity index (χ1n) is 6.95. The second-order valence-corrected chi connectivity index (χ2v) is 9.38. The number of benzene rings is 1. The van der Waals surface area contributed by atoms with Crippen LogP contribution in [0.4, 0.5) is 5.69 Å². The molecule has 0 aromatic heterocycles. The Bertz CT molecular complexity index is 588. The number of rotatable bonds is 7. The lowest BCUT2D eigenvalue weighted by atomic mass is 10.1. The average Bonchev–Trinajstić information content (AvgIpc) is 3.30. The minimum atomic E-state index is -1.83. The van der Waals surface area contributed by atoms with Gasteiger partial charge in [-0.25, -0.2) is 9.34 Å². The monoisotopic (exact) mass is 326 g/mol. The van der Waals surface area contributed by atoms with Crippen LogP contribution in [0.25, 0.3) is 0 Å². The largest absolute Gasteiger partial charge is 0.480 e. The number of nitrogens with zero attached hydrogens (tertiary/aromatic N) is 2. The van der Waals surface area contributed by atoms with E-state index < -0.39 is 18.5 Å². The van der Waals surface area contributed by atoms with E-state index in [1.54, 1.807) is 0 Å². The first-order valence-corrected chi connectivity index (χ1v) is 9.66. The van der Waals surface area contributed by atoms with E-state index in [2.05, 4.69) is 14.4 Å². The average molecular weight is 326 g/mol. The molecular formula is C13H19N4O2PS. The summed E-state index contributed by atoms with van der Waals surface area (Å²) in [5.74, 6) is -0.980. The molecule has 3 rings (SSSR count). The van der Waals surface area contributed by atoms with Gasteiger partial charge in [-0.3, -0.25) is 4.79 Å². The number of nitrogens with one attached hydrogen (secondary N) is 1. The quantitative estimate of drug-likeness (QED) is 0.507. The molecule has 0 aliphatic carbocycles. The van der Waals surface area contributed by atoms with Crippen LogP contribution >= 0.6 is 6.49 Å². The van der Waals surface area contributed by atoms with Crippen LogP contribution in [-0.4, -0.2) is 52.6 Å². The second kappa shape index (κ2) is 5.66. The van der Waals surface area contributed by atoms with Gasteiger partial charge in [0.25, 0.3) is 0 Å². The molecule has 0 bridgehead atoms. The Morgan fingerprint density at radius 1 is 1.38 bits per heavy atom. The molecule has 1 aromatic rings. The molecule has 0 amide bonds. The number of anilines is 1. The van der Waals surface area contributed by atoms with E-state index in [0.717, 1.165) is 37.4 Å². The van der Waals surface area contributed by atoms with Crippen molar-refractivity contribution in [1.82, 2.24) is 9.34 Å². The second-order valence-electron chi connectivity index (χ2n) is 5.41. The van der Waals surface area contributed by atoms with Crippen LogP contribution in [0.5, 0.6) is 0 Å². The zero-order chi connectivity index (χ0) is 15.0. The zero-order valence-corrected chi connectivity index (χ0v) is 13.3. The molecule has 1 atom stereocenters. The lowest BCUT2D eigenvalue weighted by Gasteiger charge is -2.26. The lowest BCUT2D eigenvalue weighted by molar-refractivity contribution is -0.138. The number of aliphatic carboxylic acids is 1. The van der Waals surface area contributed by atoms with Gasteiger partial charge in [0, 0.05) is 31.9 Å². The van der Waals surface area contributed by atoms with Crippen molar-refractivity contribution in [3.63, 3.8) is 0 Å². The molecule has 1 unspecified atom stereocenters. The van der Waals surface area contributed by atoms with Crippen LogP contribution in [0.2, 0.25) is 0 Å². The highest BCUT2D eigenvalue weighted by Crippen LogP contribution is 2.59. The molecule has 0 spiro atoms. The minimum Gasteiger partial charge on any atom is -0.480 e. The standard InChI is InChI=1S/C13H19N4O2PS/c14-12(13(18)19)9-10-2-1-3-11(8-10)15-20(21,16-4-5-16)17-6-7-17/h1-3,8,12H,4-7,9,14H2,(H,15,21)(H,18,19). The summed E-state index contributed by atoms with van der Waals surface area (Å²) in [5.41, 5.74) is 7.45. The van der Waals surface area contributed by atoms with E-state index in [1.165, 1.54) is 0 Å². The third-order valence-electron chi connectivity index (χ3n) is 3.59. The molecule has 2 saturated heterocycles. The van der Waals surface area contributed by atoms with Crippen LogP contribution in [0.1, 0.15) is 5.56 Å². The summed E-state index contributed by atoms with van der Waals surface area (Å²) in [6, 6.07) is 6.87. The molecule has 6 nitrogen and oxygen atoms in total. The van der Waals surface area contributed by atoms with E-state index in [9.17, 15) is 4.79 Å². The number of nitrogens with two attached hydrogens (primary N) is 1. The fourth-order valence-electron chi connectivity index (χ4n) is 2.23. The highest BCUT2D eigenvalue weighted by molar-refractivity contribution is 8.13. The van der Waals surface area contributed by atoms with E-state index in [-0.39, 0.29) is 0 Å². The zero-order valence-electron chi connectivity index (χ0n) is 11.6. The summed E-state index contributed by atoms with van der Waals surface area (Å²) < 4.78 is 4.62. The highest BCUT2D eigenvalue weighted by atomic mass is 32.4. The summed E-state index contributed by atoms with van der Waals surface area (Å²) in [4.78, 5) is 10.8. The van der Waals surface area contributed by atoms with Gasteiger partial charge in [0.1, 0.15) is 6.04 Å². The normalized spacial score (nSPS) is 20.0. The van der Waals surface area contributed by atoms with Gasteiger partial charge in [-0.15, -0.1) is 0 Å². The first-order chi connectivity index (χ1) is 9.99. The summed E-state index contributed by atoms with van der Waals surface area (Å²) in [6.45, 7) is 2.41. The summed E-state index contributed by atoms with van der Waals surface area (Å²) in [7, 11) is 0. The molecule has 1 aromatic carbocycles. The Hall–Kier alpha value is -0.980. The van der Waals surface area contributed by atoms with Crippen molar-refractivity contribution in [1.29, 1.82) is 0 Å². The molecule has 2 heterocycles. The highest BCUT2D eigenvalue weighted by Gasteiger charge is 2.43. The van der Waals surface area contributed by atoms with Gasteiger partial charge in [-0.2, -0.15) is 0 Å². The first kappa shape index (κ1) is 14.9. The fourth-order valence-corrected chi connectivity index (χ4v) is 5.90. The van der Waals surface area contributed by atoms with Crippen molar-refractivity contribution in [2.75, 3.05) is 31.3 Å². The van der Waals surface area contributed by atoms with Crippen LogP contribution in [0, 0.1) is 0 Å². The van der Waals surface area contributed by atoms with Crippen molar-refractivity contribution in [3.05, 3.63) is 29.8 Å². The minimum absolute atomic E-state index is 0.321. The third kappa shape index (κ3) is 3.44. The van der Waals surface area contributed by atoms with Gasteiger partial charge >= 0.3 is 5.97 Å². The number of carboxylic acid groups (broad SMARTS) is 1. The van der Waals surface area contributed by atoms with E-state index in [0.29, 0.717) is 6.42 Å². The van der Waals surface area contributed by atoms with Crippen molar-refractivity contribution in [2.45, 2.75) is 12.5 Å². The van der Waals surface area contributed by atoms with Gasteiger partial charge in [-0.05, 0) is 35.9 Å². The lowest BCUT2D eigenvalue weighted by Crippen LogP contribution is -2.32. The van der Waals surface area contributed by atoms with Gasteiger partial charge < -0.3 is 15.9 Å². The molecule has 8 heteroatoms. The molecule has 2 fully saturated rings. The predicted molar refractivity (Wildman–Crippen MR) is 86.8 cm³/mol. The number of carbonyl (C=O) groups is 1. The van der Waals surface area contributed by atoms with Gasteiger partial charge in [-0.1, -0.05) is 12.1 Å². The van der Waals surface area contributed by atoms with Crippen molar-refractivity contribution in [3.8, 4) is 0 Å². The number of carboxylic acids is 1. The van der Waals surface area contributed by atoms with E-state index in [4.69, 9.17) is 22.6 Å². The Labute approximate surface area is 129 Å². The molecule has 4 N–H and O–H groups in total. The summed E-state index contributed by atoms with van der Waals surface area (Å²) in [6.07, 6.45) is 0.321. The Morgan fingerprint density at radius 2 is 2.00 bits per heavy atom. The third-order valence-corrected chi connectivity index (χ3v) is 8.13. The summed E-state index contributed by atoms with van der Waals surface area (Å²) >= 11 is 5.86. The maximum Gasteiger partial charge on any atom is 0.320 e. The van der Waals surface area contributed by atoms with Crippen molar-refractivity contribution in [2.24, 2.45) is 5.73 Å². The molecular weight excluding hydrogens is 307 g/mol. The maximum absolute atomic E-state index is 10.8. The molecule has 114 valence electrons. The van der Waals surface area contributed by atoms with Crippen molar-refractivity contribution < 1.29 is 9.90 Å². The Balaban J connectivity index is 1.73. The smallest absolute Gasteiger partial charge is 0.320 e. The number of hydrogen-bond acceptors (Lipinski definition) is 3. The summed E-state index contributed by atoms with van der Waals surface area (Å²) in [5, 5.41) is 12.4. The van der Waals surface area contributed by atoms with Gasteiger partial charge in [0.15, 0.2) is 6.49 Å². The maximum atomic E-state index is 10.8. The molecule has 2 aliphatic rings. The molecule has 0 radical (unpaired) electrons. The molecule has 21 heavy (non-hydrogen) atoms. The van der Waals surface area contributed by atoms with Crippen LogP contribution < -0.4 is 10.8 Å². The molecule has 0 saturated carbocycles. The fraction of sp³-hybridized carbons (Fsp3) is 0.462. The Kier molecular flexibility index (Phi) is 4.03. The number of hydrogen-bond donors (Lipinski definition) is 3. The predicted octanol–water partition coefficient (Wildman–Crippen LogP) is 0.909. The Morgan fingerprint density at radius 3 is 2.52 bits per heavy atom. The van der Waals surface area contributed by atoms with Gasteiger partial charge in [0.2, 0.25) is 0 Å².